The number of nitrogens with one attached hydrogen (secondary N) is 1. The van der Waals surface area contributed by atoms with Gasteiger partial charge in [0.15, 0.2) is 0 Å². The average Bonchev–Trinajstić information content (AvgIpc) is 2.40. The molecular weight excluding hydrogens is 224 g/mol. The van der Waals surface area contributed by atoms with Crippen molar-refractivity contribution in [3.05, 3.63) is 54.6 Å². The molecule has 3 heteroatoms. The molecule has 0 aliphatic carbocycles. The second kappa shape index (κ2) is 8.12. The molecule has 0 aromatic heterocycles. The van der Waals surface area contributed by atoms with Gasteiger partial charge in [-0.1, -0.05) is 36.4 Å². The summed E-state index contributed by atoms with van der Waals surface area (Å²) in [6.45, 7) is 3.33. The first-order chi connectivity index (χ1) is 8.74. The van der Waals surface area contributed by atoms with Crippen LogP contribution in [0.2, 0.25) is 0 Å². The van der Waals surface area contributed by atoms with E-state index >= 15 is 0 Å². The number of benzene rings is 1. The molecule has 1 aromatic rings. The van der Waals surface area contributed by atoms with Crippen LogP contribution in [0, 0.1) is 0 Å². The van der Waals surface area contributed by atoms with Gasteiger partial charge in [0.05, 0.1) is 0 Å². The van der Waals surface area contributed by atoms with Crippen molar-refractivity contribution in [3.8, 4) is 0 Å². The number of rotatable bonds is 6. The Labute approximate surface area is 109 Å². The largest absolute Gasteiger partial charge is 0.373 e. The van der Waals surface area contributed by atoms with E-state index in [0.29, 0.717) is 6.54 Å². The monoisotopic (exact) mass is 244 g/mol. The van der Waals surface area contributed by atoms with Gasteiger partial charge in [0, 0.05) is 31.9 Å². The second-order valence-electron chi connectivity index (χ2n) is 3.93. The molecule has 0 unspecified atom stereocenters. The van der Waals surface area contributed by atoms with Gasteiger partial charge >= 0.3 is 0 Å². The number of hydrogen-bond acceptors (Lipinski definition) is 2. The zero-order valence-electron chi connectivity index (χ0n) is 11.0. The Morgan fingerprint density at radius 3 is 2.67 bits per heavy atom. The first kappa shape index (κ1) is 14.0. The van der Waals surface area contributed by atoms with Gasteiger partial charge in [-0.25, -0.2) is 0 Å². The number of hydrogen-bond donors (Lipinski definition) is 1. The number of carbonyl (C=O) groups excluding carboxylic acids is 1. The minimum absolute atomic E-state index is 0.0606. The van der Waals surface area contributed by atoms with Crippen molar-refractivity contribution in [2.75, 3.05) is 25.0 Å². The molecule has 3 nitrogen and oxygen atoms in total. The Morgan fingerprint density at radius 2 is 2.00 bits per heavy atom. The van der Waals surface area contributed by atoms with Crippen molar-refractivity contribution in [3.63, 3.8) is 0 Å². The molecule has 0 bridgehead atoms. The maximum absolute atomic E-state index is 11.4. The van der Waals surface area contributed by atoms with Crippen LogP contribution in [0.25, 0.3) is 0 Å². The summed E-state index contributed by atoms with van der Waals surface area (Å²) in [7, 11) is 2.01. The van der Waals surface area contributed by atoms with Crippen LogP contribution >= 0.6 is 0 Å². The number of likely N-dealkylation sites (N-methyl/N-ethyl adjacent to an activating group) is 1. The predicted molar refractivity (Wildman–Crippen MR) is 76.7 cm³/mol. The Kier molecular flexibility index (Phi) is 6.33. The topological polar surface area (TPSA) is 32.3 Å². The number of nitrogens with zero attached hydrogens (tertiary/aromatic N) is 1. The van der Waals surface area contributed by atoms with E-state index in [1.807, 2.05) is 56.5 Å². The lowest BCUT2D eigenvalue weighted by molar-refractivity contribution is -0.116. The zero-order chi connectivity index (χ0) is 13.2. The van der Waals surface area contributed by atoms with Crippen LogP contribution in [0.15, 0.2) is 54.6 Å². The molecule has 1 amide bonds. The summed E-state index contributed by atoms with van der Waals surface area (Å²) in [5.41, 5.74) is 1.15. The van der Waals surface area contributed by atoms with Crippen LogP contribution < -0.4 is 10.2 Å². The lowest BCUT2D eigenvalue weighted by Gasteiger charge is -2.19. The van der Waals surface area contributed by atoms with Crippen molar-refractivity contribution in [1.29, 1.82) is 0 Å². The molecule has 0 spiro atoms. The molecule has 0 radical (unpaired) electrons. The third kappa shape index (κ3) is 5.34. The van der Waals surface area contributed by atoms with Gasteiger partial charge in [0.1, 0.15) is 0 Å². The van der Waals surface area contributed by atoms with Gasteiger partial charge in [0.25, 0.3) is 0 Å². The third-order valence-electron chi connectivity index (χ3n) is 2.49. The molecule has 0 aliphatic rings. The zero-order valence-corrected chi connectivity index (χ0v) is 11.0. The lowest BCUT2D eigenvalue weighted by Crippen LogP contribution is -2.31. The molecule has 1 N–H and O–H groups in total. The first-order valence-electron chi connectivity index (χ1n) is 6.07. The molecule has 18 heavy (non-hydrogen) atoms. The maximum Gasteiger partial charge on any atom is 0.244 e. The van der Waals surface area contributed by atoms with Crippen molar-refractivity contribution in [1.82, 2.24) is 5.32 Å². The smallest absolute Gasteiger partial charge is 0.244 e. The van der Waals surface area contributed by atoms with E-state index in [-0.39, 0.29) is 5.91 Å². The van der Waals surface area contributed by atoms with Gasteiger partial charge in [-0.15, -0.1) is 0 Å². The van der Waals surface area contributed by atoms with Gasteiger partial charge in [0.2, 0.25) is 5.91 Å². The highest BCUT2D eigenvalue weighted by Crippen LogP contribution is 2.09. The van der Waals surface area contributed by atoms with Crippen molar-refractivity contribution in [2.45, 2.75) is 6.92 Å². The maximum atomic E-state index is 11.4. The molecule has 0 saturated heterocycles. The van der Waals surface area contributed by atoms with Gasteiger partial charge < -0.3 is 10.2 Å². The summed E-state index contributed by atoms with van der Waals surface area (Å²) >= 11 is 0. The summed E-state index contributed by atoms with van der Waals surface area (Å²) in [6.07, 6.45) is 6.97. The predicted octanol–water partition coefficient (Wildman–Crippen LogP) is 2.37. The standard InChI is InChI=1S/C15H20N2O/c1-3-4-6-11-15(18)16-12-13-17(2)14-9-7-5-8-10-14/h3-11H,12-13H2,1-2H3,(H,16,18)/b4-3+,11-6+. The Bertz CT molecular complexity index is 410. The summed E-state index contributed by atoms with van der Waals surface area (Å²) < 4.78 is 0. The number of allylic oxidation sites excluding steroid dienone is 3. The van der Waals surface area contributed by atoms with E-state index in [2.05, 4.69) is 10.2 Å². The summed E-state index contributed by atoms with van der Waals surface area (Å²) in [6, 6.07) is 10.1. The Morgan fingerprint density at radius 1 is 1.28 bits per heavy atom. The van der Waals surface area contributed by atoms with Crippen LogP contribution in [0.5, 0.6) is 0 Å². The first-order valence-corrected chi connectivity index (χ1v) is 6.07. The minimum atomic E-state index is -0.0606. The van der Waals surface area contributed by atoms with Crippen molar-refractivity contribution < 1.29 is 4.79 Å². The molecule has 0 fully saturated rings. The van der Waals surface area contributed by atoms with E-state index in [0.717, 1.165) is 12.2 Å². The van der Waals surface area contributed by atoms with E-state index < -0.39 is 0 Å². The van der Waals surface area contributed by atoms with Crippen LogP contribution in [-0.2, 0) is 4.79 Å². The number of amides is 1. The number of para-hydroxylation sites is 1. The van der Waals surface area contributed by atoms with Crippen LogP contribution in [0.1, 0.15) is 6.92 Å². The molecule has 0 atom stereocenters. The van der Waals surface area contributed by atoms with Crippen molar-refractivity contribution >= 4 is 11.6 Å². The number of anilines is 1. The fraction of sp³-hybridized carbons (Fsp3) is 0.267. The van der Waals surface area contributed by atoms with Gasteiger partial charge in [-0.3, -0.25) is 4.79 Å². The molecule has 1 rings (SSSR count). The van der Waals surface area contributed by atoms with Crippen LogP contribution in [0.4, 0.5) is 5.69 Å². The second-order valence-corrected chi connectivity index (χ2v) is 3.93. The lowest BCUT2D eigenvalue weighted by atomic mass is 10.3. The normalized spacial score (nSPS) is 11.0. The van der Waals surface area contributed by atoms with E-state index in [9.17, 15) is 4.79 Å². The summed E-state index contributed by atoms with van der Waals surface area (Å²) in [5, 5.41) is 2.84. The molecule has 0 aliphatic heterocycles. The Hall–Kier alpha value is -2.03. The van der Waals surface area contributed by atoms with Crippen molar-refractivity contribution in [2.24, 2.45) is 0 Å². The number of carbonyl (C=O) groups is 1. The van der Waals surface area contributed by atoms with E-state index in [4.69, 9.17) is 0 Å². The van der Waals surface area contributed by atoms with Crippen LogP contribution in [0.3, 0.4) is 0 Å². The summed E-state index contributed by atoms with van der Waals surface area (Å²) in [4.78, 5) is 13.5. The minimum Gasteiger partial charge on any atom is -0.373 e. The third-order valence-corrected chi connectivity index (χ3v) is 2.49. The van der Waals surface area contributed by atoms with Crippen LogP contribution in [-0.4, -0.2) is 26.0 Å². The van der Waals surface area contributed by atoms with E-state index in [1.165, 1.54) is 6.08 Å². The highest BCUT2D eigenvalue weighted by Gasteiger charge is 1.99. The fourth-order valence-corrected chi connectivity index (χ4v) is 1.47. The molecule has 96 valence electrons. The fourth-order valence-electron chi connectivity index (χ4n) is 1.47. The molecule has 0 saturated carbocycles. The molecule has 0 heterocycles. The molecule has 1 aromatic carbocycles. The van der Waals surface area contributed by atoms with Gasteiger partial charge in [-0.05, 0) is 19.1 Å². The van der Waals surface area contributed by atoms with E-state index in [1.54, 1.807) is 6.08 Å². The van der Waals surface area contributed by atoms with Gasteiger partial charge in [-0.2, -0.15) is 0 Å². The molecular formula is C15H20N2O. The quantitative estimate of drug-likeness (QED) is 0.615. The highest BCUT2D eigenvalue weighted by atomic mass is 16.1. The highest BCUT2D eigenvalue weighted by molar-refractivity contribution is 5.87. The average molecular weight is 244 g/mol. The SMILES string of the molecule is C/C=C/C=C/C(=O)NCCN(C)c1ccccc1. The summed E-state index contributed by atoms with van der Waals surface area (Å²) in [5.74, 6) is -0.0606. The Balaban J connectivity index is 2.28.